The van der Waals surface area contributed by atoms with Crippen LogP contribution in [0, 0.1) is 0 Å². The van der Waals surface area contributed by atoms with E-state index >= 15 is 0 Å². The van der Waals surface area contributed by atoms with Crippen molar-refractivity contribution in [3.8, 4) is 5.75 Å². The normalized spacial score (nSPS) is 12.0. The Labute approximate surface area is 147 Å². The Morgan fingerprint density at radius 2 is 1.60 bits per heavy atom. The van der Waals surface area contributed by atoms with Crippen molar-refractivity contribution in [3.63, 3.8) is 0 Å². The fraction of sp³-hybridized carbons (Fsp3) is 0.0909. The van der Waals surface area contributed by atoms with E-state index in [1.165, 1.54) is 0 Å². The molecule has 0 saturated heterocycles. The van der Waals surface area contributed by atoms with Gasteiger partial charge in [0.25, 0.3) is 0 Å². The van der Waals surface area contributed by atoms with Crippen molar-refractivity contribution in [3.05, 3.63) is 96.1 Å². The van der Waals surface area contributed by atoms with Gasteiger partial charge in [-0.15, -0.1) is 0 Å². The molecule has 3 rings (SSSR count). The minimum Gasteiger partial charge on any atom is -0.478 e. The highest BCUT2D eigenvalue weighted by molar-refractivity contribution is 5.83. The number of carbonyl (C=O) groups excluding carboxylic acids is 1. The first kappa shape index (κ1) is 16.7. The standard InChI is InChI=1S/C22H19NO2/c1-17(24)22(19-10-4-2-5-11-19)25-21-14-8-9-18(15-21)16-23-20-12-6-3-7-13-20/h2-16,22H,1H3. The fourth-order valence-corrected chi connectivity index (χ4v) is 2.48. The van der Waals surface area contributed by atoms with Gasteiger partial charge in [0.1, 0.15) is 5.75 Å². The maximum absolute atomic E-state index is 12.0. The van der Waals surface area contributed by atoms with Crippen molar-refractivity contribution in [2.75, 3.05) is 0 Å². The predicted molar refractivity (Wildman–Crippen MR) is 101 cm³/mol. The third kappa shape index (κ3) is 4.64. The first-order valence-electron chi connectivity index (χ1n) is 8.13. The molecule has 0 radical (unpaired) electrons. The summed E-state index contributed by atoms with van der Waals surface area (Å²) in [6.45, 7) is 1.54. The van der Waals surface area contributed by atoms with Gasteiger partial charge in [-0.3, -0.25) is 9.79 Å². The summed E-state index contributed by atoms with van der Waals surface area (Å²) in [4.78, 5) is 16.4. The molecule has 0 fully saturated rings. The molecule has 0 aliphatic carbocycles. The molecule has 3 aromatic rings. The number of carbonyl (C=O) groups is 1. The molecular formula is C22H19NO2. The zero-order valence-corrected chi connectivity index (χ0v) is 14.0. The largest absolute Gasteiger partial charge is 0.478 e. The van der Waals surface area contributed by atoms with E-state index in [1.807, 2.05) is 84.9 Å². The van der Waals surface area contributed by atoms with E-state index in [-0.39, 0.29) is 5.78 Å². The molecule has 0 heterocycles. The number of hydrogen-bond acceptors (Lipinski definition) is 3. The molecule has 0 bridgehead atoms. The Bertz CT molecular complexity index is 857. The molecule has 0 spiro atoms. The van der Waals surface area contributed by atoms with E-state index in [0.29, 0.717) is 5.75 Å². The number of Topliss-reactive ketones (excluding diaryl/α,β-unsaturated/α-hetero) is 1. The maximum atomic E-state index is 12.0. The van der Waals surface area contributed by atoms with E-state index in [0.717, 1.165) is 16.8 Å². The second-order valence-corrected chi connectivity index (χ2v) is 5.69. The summed E-state index contributed by atoms with van der Waals surface area (Å²) in [7, 11) is 0. The van der Waals surface area contributed by atoms with E-state index in [9.17, 15) is 4.79 Å². The van der Waals surface area contributed by atoms with Crippen LogP contribution in [0.25, 0.3) is 0 Å². The summed E-state index contributed by atoms with van der Waals surface area (Å²) in [6, 6.07) is 26.8. The number of ketones is 1. The van der Waals surface area contributed by atoms with Gasteiger partial charge < -0.3 is 4.74 Å². The van der Waals surface area contributed by atoms with Gasteiger partial charge in [-0.1, -0.05) is 60.7 Å². The zero-order valence-electron chi connectivity index (χ0n) is 14.0. The number of ether oxygens (including phenoxy) is 1. The predicted octanol–water partition coefficient (Wildman–Crippen LogP) is 5.15. The smallest absolute Gasteiger partial charge is 0.181 e. The van der Waals surface area contributed by atoms with E-state index < -0.39 is 6.10 Å². The molecule has 3 aromatic carbocycles. The van der Waals surface area contributed by atoms with E-state index in [1.54, 1.807) is 13.1 Å². The van der Waals surface area contributed by atoms with Crippen LogP contribution >= 0.6 is 0 Å². The molecule has 0 aliphatic rings. The fourth-order valence-electron chi connectivity index (χ4n) is 2.48. The van der Waals surface area contributed by atoms with Gasteiger partial charge in [0, 0.05) is 6.21 Å². The summed E-state index contributed by atoms with van der Waals surface area (Å²) in [5.74, 6) is 0.607. The van der Waals surface area contributed by atoms with Gasteiger partial charge in [-0.05, 0) is 42.3 Å². The lowest BCUT2D eigenvalue weighted by atomic mass is 10.1. The van der Waals surface area contributed by atoms with Gasteiger partial charge in [0.2, 0.25) is 0 Å². The van der Waals surface area contributed by atoms with Crippen LogP contribution < -0.4 is 4.74 Å². The highest BCUT2D eigenvalue weighted by Gasteiger charge is 2.18. The van der Waals surface area contributed by atoms with Crippen molar-refractivity contribution in [1.29, 1.82) is 0 Å². The molecule has 3 nitrogen and oxygen atoms in total. The van der Waals surface area contributed by atoms with Crippen molar-refractivity contribution in [1.82, 2.24) is 0 Å². The number of aliphatic imine (C=N–C) groups is 1. The summed E-state index contributed by atoms with van der Waals surface area (Å²) < 4.78 is 5.94. The number of nitrogens with zero attached hydrogens (tertiary/aromatic N) is 1. The van der Waals surface area contributed by atoms with Crippen LogP contribution in [0.15, 0.2) is 89.9 Å². The Morgan fingerprint density at radius 1 is 0.920 bits per heavy atom. The lowest BCUT2D eigenvalue weighted by molar-refractivity contribution is -0.123. The topological polar surface area (TPSA) is 38.7 Å². The van der Waals surface area contributed by atoms with Crippen LogP contribution in [-0.2, 0) is 4.79 Å². The van der Waals surface area contributed by atoms with E-state index in [4.69, 9.17) is 4.74 Å². The van der Waals surface area contributed by atoms with Crippen molar-refractivity contribution < 1.29 is 9.53 Å². The van der Waals surface area contributed by atoms with Crippen molar-refractivity contribution in [2.24, 2.45) is 4.99 Å². The second-order valence-electron chi connectivity index (χ2n) is 5.69. The number of para-hydroxylation sites is 1. The third-order valence-electron chi connectivity index (χ3n) is 3.70. The molecule has 0 aromatic heterocycles. The summed E-state index contributed by atoms with van der Waals surface area (Å²) in [6.07, 6.45) is 1.18. The van der Waals surface area contributed by atoms with Gasteiger partial charge >= 0.3 is 0 Å². The summed E-state index contributed by atoms with van der Waals surface area (Å²) in [5.41, 5.74) is 2.65. The molecular weight excluding hydrogens is 310 g/mol. The SMILES string of the molecule is CC(=O)C(Oc1cccc(C=Nc2ccccc2)c1)c1ccccc1. The lowest BCUT2D eigenvalue weighted by Crippen LogP contribution is -2.16. The monoisotopic (exact) mass is 329 g/mol. The van der Waals surface area contributed by atoms with Crippen LogP contribution in [0.1, 0.15) is 24.2 Å². The Hall–Kier alpha value is -3.20. The number of hydrogen-bond donors (Lipinski definition) is 0. The maximum Gasteiger partial charge on any atom is 0.181 e. The Kier molecular flexibility index (Phi) is 5.37. The Balaban J connectivity index is 1.79. The number of benzene rings is 3. The molecule has 1 unspecified atom stereocenters. The van der Waals surface area contributed by atoms with Gasteiger partial charge in [-0.25, -0.2) is 0 Å². The minimum absolute atomic E-state index is 0.0328. The molecule has 0 saturated carbocycles. The molecule has 124 valence electrons. The van der Waals surface area contributed by atoms with Crippen LogP contribution in [-0.4, -0.2) is 12.0 Å². The average Bonchev–Trinajstić information content (AvgIpc) is 2.66. The molecule has 1 atom stereocenters. The third-order valence-corrected chi connectivity index (χ3v) is 3.70. The van der Waals surface area contributed by atoms with Gasteiger partial charge in [0.05, 0.1) is 5.69 Å². The Morgan fingerprint density at radius 3 is 2.28 bits per heavy atom. The summed E-state index contributed by atoms with van der Waals surface area (Å²) >= 11 is 0. The lowest BCUT2D eigenvalue weighted by Gasteiger charge is -2.17. The van der Waals surface area contributed by atoms with Crippen LogP contribution in [0.3, 0.4) is 0 Å². The average molecular weight is 329 g/mol. The second kappa shape index (κ2) is 8.06. The quantitative estimate of drug-likeness (QED) is 0.587. The molecule has 3 heteroatoms. The van der Waals surface area contributed by atoms with Crippen molar-refractivity contribution >= 4 is 17.7 Å². The molecule has 0 N–H and O–H groups in total. The first-order chi connectivity index (χ1) is 12.2. The van der Waals surface area contributed by atoms with Crippen molar-refractivity contribution in [2.45, 2.75) is 13.0 Å². The van der Waals surface area contributed by atoms with E-state index in [2.05, 4.69) is 4.99 Å². The molecule has 0 amide bonds. The highest BCUT2D eigenvalue weighted by Crippen LogP contribution is 2.23. The van der Waals surface area contributed by atoms with Crippen LogP contribution in [0.5, 0.6) is 5.75 Å². The zero-order chi connectivity index (χ0) is 17.5. The van der Waals surface area contributed by atoms with Gasteiger partial charge in [-0.2, -0.15) is 0 Å². The molecule has 0 aliphatic heterocycles. The van der Waals surface area contributed by atoms with Crippen LogP contribution in [0.4, 0.5) is 5.69 Å². The van der Waals surface area contributed by atoms with Gasteiger partial charge in [0.15, 0.2) is 11.9 Å². The minimum atomic E-state index is -0.609. The molecule has 25 heavy (non-hydrogen) atoms. The van der Waals surface area contributed by atoms with Crippen LogP contribution in [0.2, 0.25) is 0 Å². The highest BCUT2D eigenvalue weighted by atomic mass is 16.5. The summed E-state index contributed by atoms with van der Waals surface area (Å²) in [5, 5.41) is 0. The first-order valence-corrected chi connectivity index (χ1v) is 8.13. The number of rotatable bonds is 6.